The van der Waals surface area contributed by atoms with Crippen molar-refractivity contribution in [2.24, 2.45) is 7.05 Å². The van der Waals surface area contributed by atoms with Crippen molar-refractivity contribution < 1.29 is 4.79 Å². The van der Waals surface area contributed by atoms with Crippen LogP contribution in [0.15, 0.2) is 42.6 Å². The number of amides is 1. The van der Waals surface area contributed by atoms with Crippen molar-refractivity contribution in [3.05, 3.63) is 48.2 Å². The molecule has 0 atom stereocenters. The average Bonchev–Trinajstić information content (AvgIpc) is 2.98. The van der Waals surface area contributed by atoms with Gasteiger partial charge in [-0.15, -0.1) is 0 Å². The second-order valence-corrected chi connectivity index (χ2v) is 6.78. The highest BCUT2D eigenvalue weighted by atomic mass is 16.1. The molecule has 5 heteroatoms. The van der Waals surface area contributed by atoms with Crippen LogP contribution >= 0.6 is 0 Å². The number of rotatable bonds is 3. The van der Waals surface area contributed by atoms with E-state index in [1.807, 2.05) is 43.4 Å². The molecule has 24 heavy (non-hydrogen) atoms. The monoisotopic (exact) mass is 320 g/mol. The topological polar surface area (TPSA) is 59.8 Å². The van der Waals surface area contributed by atoms with E-state index in [1.54, 1.807) is 10.9 Å². The molecule has 0 bridgehead atoms. The van der Waals surface area contributed by atoms with Crippen LogP contribution in [0.1, 0.15) is 36.5 Å². The third-order valence-electron chi connectivity index (χ3n) is 4.92. The third kappa shape index (κ3) is 2.46. The number of hydrogen-bond donors (Lipinski definition) is 1. The van der Waals surface area contributed by atoms with Crippen molar-refractivity contribution in [3.8, 4) is 11.4 Å². The Morgan fingerprint density at radius 1 is 1.25 bits per heavy atom. The Morgan fingerprint density at radius 3 is 2.71 bits per heavy atom. The Bertz CT molecular complexity index is 924. The van der Waals surface area contributed by atoms with Gasteiger partial charge in [0.15, 0.2) is 0 Å². The number of aromatic nitrogens is 3. The molecule has 1 aromatic carbocycles. The van der Waals surface area contributed by atoms with Gasteiger partial charge in [-0.25, -0.2) is 4.98 Å². The fourth-order valence-electron chi connectivity index (χ4n) is 3.29. The predicted molar refractivity (Wildman–Crippen MR) is 93.7 cm³/mol. The van der Waals surface area contributed by atoms with E-state index in [4.69, 9.17) is 4.98 Å². The van der Waals surface area contributed by atoms with Crippen molar-refractivity contribution in [2.45, 2.75) is 31.7 Å². The van der Waals surface area contributed by atoms with Gasteiger partial charge >= 0.3 is 0 Å². The number of carbonyl (C=O) groups excluding carboxylic acids is 1. The Labute approximate surface area is 140 Å². The zero-order valence-electron chi connectivity index (χ0n) is 13.9. The number of nitrogens with zero attached hydrogens (tertiary/aromatic N) is 3. The van der Waals surface area contributed by atoms with Gasteiger partial charge in [0.05, 0.1) is 22.5 Å². The molecule has 122 valence electrons. The first-order valence-electron chi connectivity index (χ1n) is 8.26. The van der Waals surface area contributed by atoms with Crippen LogP contribution in [0.5, 0.6) is 0 Å². The number of nitrogens with one attached hydrogen (secondary N) is 1. The number of carbonyl (C=O) groups is 1. The summed E-state index contributed by atoms with van der Waals surface area (Å²) in [5.41, 5.74) is 3.07. The maximum Gasteiger partial charge on any atom is 0.252 e. The summed E-state index contributed by atoms with van der Waals surface area (Å²) in [6.45, 7) is 2.11. The van der Waals surface area contributed by atoms with Crippen LogP contribution in [0.25, 0.3) is 22.3 Å². The second-order valence-electron chi connectivity index (χ2n) is 6.78. The van der Waals surface area contributed by atoms with Crippen LogP contribution in [0.4, 0.5) is 0 Å². The number of hydrogen-bond acceptors (Lipinski definition) is 3. The number of aryl methyl sites for hydroxylation is 1. The summed E-state index contributed by atoms with van der Waals surface area (Å²) in [7, 11) is 1.88. The van der Waals surface area contributed by atoms with E-state index >= 15 is 0 Å². The lowest BCUT2D eigenvalue weighted by molar-refractivity contribution is 0.0852. The van der Waals surface area contributed by atoms with Crippen molar-refractivity contribution >= 4 is 16.8 Å². The van der Waals surface area contributed by atoms with E-state index in [2.05, 4.69) is 17.3 Å². The van der Waals surface area contributed by atoms with Crippen LogP contribution in [0.3, 0.4) is 0 Å². The fourth-order valence-corrected chi connectivity index (χ4v) is 3.29. The molecule has 0 aliphatic heterocycles. The lowest BCUT2D eigenvalue weighted by Gasteiger charge is -2.39. The van der Waals surface area contributed by atoms with Gasteiger partial charge < -0.3 is 5.32 Å². The van der Waals surface area contributed by atoms with E-state index in [0.29, 0.717) is 5.56 Å². The number of benzene rings is 1. The molecule has 1 fully saturated rings. The molecular formula is C19H20N4O. The van der Waals surface area contributed by atoms with Gasteiger partial charge in [-0.2, -0.15) is 5.10 Å². The van der Waals surface area contributed by atoms with Crippen LogP contribution in [0, 0.1) is 0 Å². The van der Waals surface area contributed by atoms with Gasteiger partial charge in [0, 0.05) is 24.2 Å². The fraction of sp³-hybridized carbons (Fsp3) is 0.316. The van der Waals surface area contributed by atoms with Crippen molar-refractivity contribution in [1.82, 2.24) is 20.1 Å². The summed E-state index contributed by atoms with van der Waals surface area (Å²) in [5.74, 6) is -0.0285. The van der Waals surface area contributed by atoms with Crippen LogP contribution in [0.2, 0.25) is 0 Å². The molecule has 1 N–H and O–H groups in total. The van der Waals surface area contributed by atoms with Gasteiger partial charge in [-0.05, 0) is 44.4 Å². The average molecular weight is 320 g/mol. The molecule has 1 aliphatic rings. The molecule has 0 saturated heterocycles. The Balaban J connectivity index is 1.83. The van der Waals surface area contributed by atoms with E-state index in [-0.39, 0.29) is 11.4 Å². The smallest absolute Gasteiger partial charge is 0.252 e. The minimum atomic E-state index is -0.0752. The molecular weight excluding hydrogens is 300 g/mol. The number of fused-ring (bicyclic) bond motifs is 1. The van der Waals surface area contributed by atoms with Gasteiger partial charge in [-0.1, -0.05) is 18.2 Å². The number of para-hydroxylation sites is 1. The molecule has 1 saturated carbocycles. The normalized spacial score (nSPS) is 15.9. The SMILES string of the molecule is Cn1nccc1-c1cc(C(=O)NC2(C)CCC2)c2ccccc2n1. The first kappa shape index (κ1) is 14.9. The molecule has 1 amide bonds. The minimum Gasteiger partial charge on any atom is -0.347 e. The van der Waals surface area contributed by atoms with E-state index in [9.17, 15) is 4.79 Å². The standard InChI is InChI=1S/C19H20N4O/c1-19(9-5-10-19)22-18(24)14-12-16(17-8-11-20-23(17)2)21-15-7-4-3-6-13(14)15/h3-4,6-8,11-12H,5,9-10H2,1-2H3,(H,22,24). The summed E-state index contributed by atoms with van der Waals surface area (Å²) < 4.78 is 1.77. The maximum atomic E-state index is 12.9. The van der Waals surface area contributed by atoms with Gasteiger partial charge in [0.1, 0.15) is 0 Å². The van der Waals surface area contributed by atoms with Crippen molar-refractivity contribution in [3.63, 3.8) is 0 Å². The zero-order valence-corrected chi connectivity index (χ0v) is 13.9. The van der Waals surface area contributed by atoms with E-state index in [0.717, 1.165) is 35.1 Å². The lowest BCUT2D eigenvalue weighted by Crippen LogP contribution is -2.50. The highest BCUT2D eigenvalue weighted by molar-refractivity contribution is 6.07. The van der Waals surface area contributed by atoms with Gasteiger partial charge in [-0.3, -0.25) is 9.48 Å². The van der Waals surface area contributed by atoms with Gasteiger partial charge in [0.2, 0.25) is 0 Å². The quantitative estimate of drug-likeness (QED) is 0.805. The van der Waals surface area contributed by atoms with Crippen LogP contribution in [-0.2, 0) is 7.05 Å². The summed E-state index contributed by atoms with van der Waals surface area (Å²) in [4.78, 5) is 17.6. The Kier molecular flexibility index (Phi) is 3.37. The van der Waals surface area contributed by atoms with Crippen LogP contribution < -0.4 is 5.32 Å². The predicted octanol–water partition coefficient (Wildman–Crippen LogP) is 3.31. The zero-order chi connectivity index (χ0) is 16.7. The summed E-state index contributed by atoms with van der Waals surface area (Å²) in [6.07, 6.45) is 4.99. The molecule has 2 aromatic heterocycles. The highest BCUT2D eigenvalue weighted by Gasteiger charge is 2.33. The highest BCUT2D eigenvalue weighted by Crippen LogP contribution is 2.32. The summed E-state index contributed by atoms with van der Waals surface area (Å²) >= 11 is 0. The molecule has 0 spiro atoms. The Hall–Kier alpha value is -2.69. The summed E-state index contributed by atoms with van der Waals surface area (Å²) in [5, 5.41) is 8.28. The van der Waals surface area contributed by atoms with Gasteiger partial charge in [0.25, 0.3) is 5.91 Å². The molecule has 2 heterocycles. The maximum absolute atomic E-state index is 12.9. The molecule has 5 nitrogen and oxygen atoms in total. The molecule has 3 aromatic rings. The largest absolute Gasteiger partial charge is 0.347 e. The first-order valence-corrected chi connectivity index (χ1v) is 8.26. The number of pyridine rings is 1. The summed E-state index contributed by atoms with van der Waals surface area (Å²) in [6, 6.07) is 11.6. The molecule has 0 radical (unpaired) electrons. The second kappa shape index (κ2) is 5.44. The van der Waals surface area contributed by atoms with Crippen LogP contribution in [-0.4, -0.2) is 26.2 Å². The molecule has 0 unspecified atom stereocenters. The first-order chi connectivity index (χ1) is 11.6. The van der Waals surface area contributed by atoms with Crippen molar-refractivity contribution in [2.75, 3.05) is 0 Å². The van der Waals surface area contributed by atoms with E-state index < -0.39 is 0 Å². The van der Waals surface area contributed by atoms with E-state index in [1.165, 1.54) is 6.42 Å². The lowest BCUT2D eigenvalue weighted by atomic mass is 9.78. The Morgan fingerprint density at radius 2 is 2.04 bits per heavy atom. The molecule has 1 aliphatic carbocycles. The third-order valence-corrected chi connectivity index (χ3v) is 4.92. The molecule has 4 rings (SSSR count). The van der Waals surface area contributed by atoms with Crippen molar-refractivity contribution in [1.29, 1.82) is 0 Å². The minimum absolute atomic E-state index is 0.0285.